The first-order valence-electron chi connectivity index (χ1n) is 9.75. The summed E-state index contributed by atoms with van der Waals surface area (Å²) < 4.78 is 21.0. The van der Waals surface area contributed by atoms with Crippen LogP contribution < -0.4 is 15.1 Å². The van der Waals surface area contributed by atoms with E-state index in [0.717, 1.165) is 18.4 Å². The minimum atomic E-state index is -0.771. The Labute approximate surface area is 175 Å². The lowest BCUT2D eigenvalue weighted by molar-refractivity contribution is -0.141. The van der Waals surface area contributed by atoms with Crippen molar-refractivity contribution in [3.63, 3.8) is 0 Å². The Morgan fingerprint density at radius 2 is 1.87 bits per heavy atom. The number of rotatable bonds is 10. The summed E-state index contributed by atoms with van der Waals surface area (Å²) in [6.45, 7) is 7.84. The molecule has 30 heavy (non-hydrogen) atoms. The molecule has 0 unspecified atom stereocenters. The molecule has 0 aliphatic carbocycles. The van der Waals surface area contributed by atoms with Crippen molar-refractivity contribution in [3.05, 3.63) is 51.9 Å². The third-order valence-corrected chi connectivity index (χ3v) is 4.22. The highest BCUT2D eigenvalue weighted by molar-refractivity contribution is 5.86. The van der Waals surface area contributed by atoms with E-state index in [4.69, 9.17) is 18.6 Å². The van der Waals surface area contributed by atoms with E-state index in [1.165, 1.54) is 18.6 Å². The van der Waals surface area contributed by atoms with Crippen molar-refractivity contribution in [2.24, 2.45) is 0 Å². The molecule has 0 atom stereocenters. The number of hydrogen-bond donors (Lipinski definition) is 1. The van der Waals surface area contributed by atoms with Gasteiger partial charge >= 0.3 is 11.6 Å². The second kappa shape index (κ2) is 11.1. The van der Waals surface area contributed by atoms with Crippen molar-refractivity contribution in [1.82, 2.24) is 0 Å². The number of esters is 1. The van der Waals surface area contributed by atoms with Crippen LogP contribution in [0.4, 0.5) is 0 Å². The number of aromatic hydroxyl groups is 1. The van der Waals surface area contributed by atoms with Gasteiger partial charge in [-0.15, -0.1) is 0 Å². The largest absolute Gasteiger partial charge is 0.504 e. The van der Waals surface area contributed by atoms with Crippen LogP contribution in [-0.2, 0) is 9.53 Å². The molecule has 7 heteroatoms. The van der Waals surface area contributed by atoms with Gasteiger partial charge in [0.2, 0.25) is 5.75 Å². The van der Waals surface area contributed by atoms with Crippen LogP contribution in [0.15, 0.2) is 50.7 Å². The predicted octanol–water partition coefficient (Wildman–Crippen LogP) is 4.51. The van der Waals surface area contributed by atoms with Gasteiger partial charge in [0.1, 0.15) is 31.2 Å². The molecular formula is C23H28O7. The zero-order valence-electron chi connectivity index (χ0n) is 17.8. The highest BCUT2D eigenvalue weighted by Crippen LogP contribution is 2.33. The summed E-state index contributed by atoms with van der Waals surface area (Å²) in [6.07, 6.45) is 5.88. The maximum atomic E-state index is 12.2. The minimum absolute atomic E-state index is 0.108. The summed E-state index contributed by atoms with van der Waals surface area (Å²) in [5, 5.41) is 10.8. The van der Waals surface area contributed by atoms with Crippen LogP contribution in [0.25, 0.3) is 11.0 Å². The van der Waals surface area contributed by atoms with Gasteiger partial charge < -0.3 is 23.7 Å². The Balaban J connectivity index is 2.06. The number of fused-ring (bicyclic) bond motifs is 1. The smallest absolute Gasteiger partial charge is 0.383 e. The van der Waals surface area contributed by atoms with Gasteiger partial charge in [0.25, 0.3) is 0 Å². The zero-order valence-corrected chi connectivity index (χ0v) is 17.8. The average Bonchev–Trinajstić information content (AvgIpc) is 2.67. The Kier molecular flexibility index (Phi) is 8.53. The third kappa shape index (κ3) is 6.99. The maximum absolute atomic E-state index is 12.2. The van der Waals surface area contributed by atoms with Crippen LogP contribution >= 0.6 is 0 Å². The first kappa shape index (κ1) is 23.1. The highest BCUT2D eigenvalue weighted by Gasteiger charge is 2.16. The van der Waals surface area contributed by atoms with Crippen LogP contribution in [-0.4, -0.2) is 30.9 Å². The molecule has 0 saturated heterocycles. The lowest BCUT2D eigenvalue weighted by Crippen LogP contribution is -2.10. The standard InChI is InChI=1S/C23H28O7/c1-15(2)6-5-7-16(3)10-11-29-22-21(25)19-9-8-18(14-20(19)30-23(22)26)28-13-12-27-17(4)24/h6,8-10,14,25H,5,7,11-13H2,1-4H3/b16-10+. The fraction of sp³-hybridized carbons (Fsp3) is 0.391. The number of hydrogen-bond acceptors (Lipinski definition) is 7. The van der Waals surface area contributed by atoms with Crippen LogP contribution in [0.3, 0.4) is 0 Å². The second-order valence-electron chi connectivity index (χ2n) is 7.10. The van der Waals surface area contributed by atoms with E-state index >= 15 is 0 Å². The van der Waals surface area contributed by atoms with Gasteiger partial charge in [-0.05, 0) is 51.8 Å². The number of ether oxygens (including phenoxy) is 3. The van der Waals surface area contributed by atoms with Crippen LogP contribution in [0.1, 0.15) is 40.5 Å². The van der Waals surface area contributed by atoms with E-state index < -0.39 is 11.6 Å². The highest BCUT2D eigenvalue weighted by atomic mass is 16.6. The van der Waals surface area contributed by atoms with E-state index in [9.17, 15) is 14.7 Å². The van der Waals surface area contributed by atoms with Crippen molar-refractivity contribution < 1.29 is 28.5 Å². The Morgan fingerprint density at radius 1 is 1.10 bits per heavy atom. The molecule has 1 aromatic heterocycles. The Bertz CT molecular complexity index is 995. The van der Waals surface area contributed by atoms with E-state index in [2.05, 4.69) is 19.9 Å². The molecule has 2 rings (SSSR count). The fourth-order valence-corrected chi connectivity index (χ4v) is 2.67. The van der Waals surface area contributed by atoms with Crippen molar-refractivity contribution in [2.45, 2.75) is 40.5 Å². The molecule has 7 nitrogen and oxygen atoms in total. The molecule has 0 fully saturated rings. The van der Waals surface area contributed by atoms with Crippen molar-refractivity contribution >= 4 is 16.9 Å². The average molecular weight is 416 g/mol. The molecule has 1 N–H and O–H groups in total. The van der Waals surface area contributed by atoms with Gasteiger partial charge in [-0.3, -0.25) is 4.79 Å². The fourth-order valence-electron chi connectivity index (χ4n) is 2.67. The van der Waals surface area contributed by atoms with Crippen LogP contribution in [0, 0.1) is 0 Å². The predicted molar refractivity (Wildman–Crippen MR) is 114 cm³/mol. The first-order valence-corrected chi connectivity index (χ1v) is 9.75. The summed E-state index contributed by atoms with van der Waals surface area (Å²) >= 11 is 0. The maximum Gasteiger partial charge on any atom is 0.383 e. The first-order chi connectivity index (χ1) is 14.3. The summed E-state index contributed by atoms with van der Waals surface area (Å²) in [7, 11) is 0. The molecule has 0 saturated carbocycles. The molecule has 1 heterocycles. The molecular weight excluding hydrogens is 388 g/mol. The second-order valence-corrected chi connectivity index (χ2v) is 7.10. The van der Waals surface area contributed by atoms with Gasteiger partial charge in [0.15, 0.2) is 5.75 Å². The molecule has 0 amide bonds. The van der Waals surface area contributed by atoms with Crippen LogP contribution in [0.5, 0.6) is 17.2 Å². The molecule has 2 aromatic rings. The number of carbonyl (C=O) groups excluding carboxylic acids is 1. The summed E-state index contributed by atoms with van der Waals surface area (Å²) in [6, 6.07) is 4.68. The minimum Gasteiger partial charge on any atom is -0.504 e. The topological polar surface area (TPSA) is 95.2 Å². The molecule has 162 valence electrons. The lowest BCUT2D eigenvalue weighted by Gasteiger charge is -2.10. The van der Waals surface area contributed by atoms with E-state index in [1.807, 2.05) is 13.0 Å². The van der Waals surface area contributed by atoms with Crippen molar-refractivity contribution in [2.75, 3.05) is 19.8 Å². The number of allylic oxidation sites excluding steroid dienone is 3. The molecule has 0 aliphatic heterocycles. The number of carbonyl (C=O) groups is 1. The van der Waals surface area contributed by atoms with E-state index in [1.54, 1.807) is 12.1 Å². The molecule has 0 spiro atoms. The van der Waals surface area contributed by atoms with Gasteiger partial charge in [0.05, 0.1) is 5.39 Å². The zero-order chi connectivity index (χ0) is 22.1. The Hall–Kier alpha value is -3.22. The van der Waals surface area contributed by atoms with Crippen molar-refractivity contribution in [1.29, 1.82) is 0 Å². The third-order valence-electron chi connectivity index (χ3n) is 4.22. The molecule has 0 aliphatic rings. The molecule has 1 aromatic carbocycles. The van der Waals surface area contributed by atoms with Crippen LogP contribution in [0.2, 0.25) is 0 Å². The van der Waals surface area contributed by atoms with E-state index in [0.29, 0.717) is 11.1 Å². The van der Waals surface area contributed by atoms with Gasteiger partial charge in [-0.1, -0.05) is 17.2 Å². The van der Waals surface area contributed by atoms with Crippen molar-refractivity contribution in [3.8, 4) is 17.2 Å². The number of benzene rings is 1. The van der Waals surface area contributed by atoms with Gasteiger partial charge in [-0.25, -0.2) is 4.79 Å². The summed E-state index contributed by atoms with van der Waals surface area (Å²) in [5.74, 6) is -0.470. The molecule has 0 bridgehead atoms. The lowest BCUT2D eigenvalue weighted by atomic mass is 10.1. The Morgan fingerprint density at radius 3 is 2.57 bits per heavy atom. The van der Waals surface area contributed by atoms with Gasteiger partial charge in [-0.2, -0.15) is 0 Å². The van der Waals surface area contributed by atoms with E-state index in [-0.39, 0.29) is 36.9 Å². The quantitative estimate of drug-likeness (QED) is 0.263. The monoisotopic (exact) mass is 416 g/mol. The van der Waals surface area contributed by atoms with Gasteiger partial charge in [0, 0.05) is 13.0 Å². The summed E-state index contributed by atoms with van der Waals surface area (Å²) in [4.78, 5) is 23.0. The molecule has 0 radical (unpaired) electrons. The summed E-state index contributed by atoms with van der Waals surface area (Å²) in [5.41, 5.74) is 1.80. The normalized spacial score (nSPS) is 11.3. The SMILES string of the molecule is CC(=O)OCCOc1ccc2c(O)c(OC/C=C(\C)CCC=C(C)C)c(=O)oc2c1.